The van der Waals surface area contributed by atoms with E-state index in [0.717, 1.165) is 42.1 Å². The summed E-state index contributed by atoms with van der Waals surface area (Å²) in [6.45, 7) is 8.32. The molecule has 1 aliphatic heterocycles. The van der Waals surface area contributed by atoms with Crippen LogP contribution in [0.4, 0.5) is 10.8 Å². The number of hydrogen-bond donors (Lipinski definition) is 1. The van der Waals surface area contributed by atoms with Gasteiger partial charge in [-0.1, -0.05) is 23.5 Å². The number of rotatable bonds is 5. The highest BCUT2D eigenvalue weighted by Gasteiger charge is 2.21. The third-order valence-corrected chi connectivity index (χ3v) is 6.43. The van der Waals surface area contributed by atoms with E-state index in [1.54, 1.807) is 7.11 Å². The topological polar surface area (TPSA) is 57.7 Å². The van der Waals surface area contributed by atoms with E-state index < -0.39 is 0 Å². The molecule has 1 fully saturated rings. The van der Waals surface area contributed by atoms with Crippen molar-refractivity contribution in [2.75, 3.05) is 50.1 Å². The molecular weight excluding hydrogens is 384 g/mol. The molecule has 152 valence electrons. The van der Waals surface area contributed by atoms with Gasteiger partial charge in [-0.15, -0.1) is 0 Å². The van der Waals surface area contributed by atoms with E-state index in [0.29, 0.717) is 11.7 Å². The van der Waals surface area contributed by atoms with Crippen molar-refractivity contribution in [1.82, 2.24) is 9.88 Å². The zero-order valence-electron chi connectivity index (χ0n) is 17.1. The molecule has 0 radical (unpaired) electrons. The van der Waals surface area contributed by atoms with Gasteiger partial charge in [-0.3, -0.25) is 9.69 Å². The largest absolute Gasteiger partial charge is 0.497 e. The summed E-state index contributed by atoms with van der Waals surface area (Å²) in [4.78, 5) is 21.6. The van der Waals surface area contributed by atoms with Crippen LogP contribution in [0.1, 0.15) is 11.1 Å². The zero-order valence-corrected chi connectivity index (χ0v) is 17.9. The second-order valence-electron chi connectivity index (χ2n) is 7.38. The van der Waals surface area contributed by atoms with Crippen LogP contribution in [0, 0.1) is 13.8 Å². The minimum Gasteiger partial charge on any atom is -0.497 e. The van der Waals surface area contributed by atoms with Crippen LogP contribution < -0.4 is 15.0 Å². The lowest BCUT2D eigenvalue weighted by molar-refractivity contribution is -0.117. The molecule has 4 rings (SSSR count). The fraction of sp³-hybridized carbons (Fsp3) is 0.364. The van der Waals surface area contributed by atoms with Crippen molar-refractivity contribution in [3.63, 3.8) is 0 Å². The van der Waals surface area contributed by atoms with Crippen LogP contribution >= 0.6 is 11.3 Å². The Balaban J connectivity index is 1.32. The first kappa shape index (κ1) is 19.7. The lowest BCUT2D eigenvalue weighted by Crippen LogP contribution is -2.48. The first-order valence-electron chi connectivity index (χ1n) is 9.81. The van der Waals surface area contributed by atoms with E-state index in [9.17, 15) is 4.79 Å². The number of piperazine rings is 1. The van der Waals surface area contributed by atoms with Crippen LogP contribution in [0.15, 0.2) is 36.4 Å². The third-order valence-electron chi connectivity index (χ3n) is 5.50. The number of fused-ring (bicyclic) bond motifs is 1. The normalized spacial score (nSPS) is 14.9. The summed E-state index contributed by atoms with van der Waals surface area (Å²) in [5.41, 5.74) is 4.83. The number of methoxy groups -OCH3 is 1. The Morgan fingerprint density at radius 1 is 1.17 bits per heavy atom. The summed E-state index contributed by atoms with van der Waals surface area (Å²) in [6.07, 6.45) is 0. The molecule has 3 aromatic rings. The summed E-state index contributed by atoms with van der Waals surface area (Å²) in [5, 5.41) is 3.58. The van der Waals surface area contributed by atoms with Gasteiger partial charge in [0, 0.05) is 31.9 Å². The summed E-state index contributed by atoms with van der Waals surface area (Å²) in [7, 11) is 1.64. The van der Waals surface area contributed by atoms with Crippen LogP contribution in [-0.2, 0) is 4.79 Å². The van der Waals surface area contributed by atoms with Gasteiger partial charge in [0.25, 0.3) is 0 Å². The Labute approximate surface area is 175 Å². The number of hydrogen-bond acceptors (Lipinski definition) is 6. The number of anilines is 2. The number of aryl methyl sites for hydroxylation is 1. The molecule has 1 aromatic heterocycles. The number of nitrogens with zero attached hydrogens (tertiary/aromatic N) is 3. The van der Waals surface area contributed by atoms with E-state index >= 15 is 0 Å². The lowest BCUT2D eigenvalue weighted by atomic mass is 10.1. The van der Waals surface area contributed by atoms with Crippen LogP contribution in [0.25, 0.3) is 10.2 Å². The van der Waals surface area contributed by atoms with Crippen molar-refractivity contribution in [2.24, 2.45) is 0 Å². The molecule has 0 aliphatic carbocycles. The maximum atomic E-state index is 12.5. The molecule has 0 atom stereocenters. The quantitative estimate of drug-likeness (QED) is 0.695. The van der Waals surface area contributed by atoms with Crippen LogP contribution in [0.2, 0.25) is 0 Å². The summed E-state index contributed by atoms with van der Waals surface area (Å²) >= 11 is 1.47. The molecular formula is C22H26N4O2S. The summed E-state index contributed by atoms with van der Waals surface area (Å²) < 4.78 is 6.25. The van der Waals surface area contributed by atoms with E-state index in [4.69, 9.17) is 4.74 Å². The first-order chi connectivity index (χ1) is 14.0. The smallest absolute Gasteiger partial charge is 0.240 e. The highest BCUT2D eigenvalue weighted by molar-refractivity contribution is 7.22. The Morgan fingerprint density at radius 2 is 1.97 bits per heavy atom. The first-order valence-corrected chi connectivity index (χ1v) is 10.6. The molecule has 0 spiro atoms. The Kier molecular flexibility index (Phi) is 5.69. The lowest BCUT2D eigenvalue weighted by Gasteiger charge is -2.36. The molecule has 1 saturated heterocycles. The van der Waals surface area contributed by atoms with Crippen molar-refractivity contribution >= 4 is 38.3 Å². The molecule has 0 bridgehead atoms. The van der Waals surface area contributed by atoms with Gasteiger partial charge in [-0.25, -0.2) is 4.98 Å². The fourth-order valence-corrected chi connectivity index (χ4v) is 4.58. The Hall–Kier alpha value is -2.64. The van der Waals surface area contributed by atoms with Gasteiger partial charge in [-0.05, 0) is 49.2 Å². The molecule has 1 amide bonds. The predicted octanol–water partition coefficient (Wildman–Crippen LogP) is 3.68. The highest BCUT2D eigenvalue weighted by atomic mass is 32.1. The maximum Gasteiger partial charge on any atom is 0.240 e. The molecule has 2 aromatic carbocycles. The average molecular weight is 411 g/mol. The SMILES string of the molecule is COc1ccc2nc(NC(=O)CN3CCN(c4cccc(C)c4C)CC3)sc2c1. The standard InChI is InChI=1S/C22H26N4O2S/c1-15-5-4-6-19(16(15)2)26-11-9-25(10-12-26)14-21(27)24-22-23-18-8-7-17(28-3)13-20(18)29-22/h4-8,13H,9-12,14H2,1-3H3,(H,23,24,27). The second-order valence-corrected chi connectivity index (χ2v) is 8.41. The number of carbonyl (C=O) groups excluding carboxylic acids is 1. The van der Waals surface area contributed by atoms with Gasteiger partial charge in [0.1, 0.15) is 5.75 Å². The minimum absolute atomic E-state index is 0.0174. The third kappa shape index (κ3) is 4.36. The average Bonchev–Trinajstić information content (AvgIpc) is 3.11. The molecule has 6 nitrogen and oxygen atoms in total. The molecule has 2 heterocycles. The number of thiazole rings is 1. The molecule has 7 heteroatoms. The zero-order chi connectivity index (χ0) is 20.4. The van der Waals surface area contributed by atoms with Crippen LogP contribution in [0.5, 0.6) is 5.75 Å². The van der Waals surface area contributed by atoms with Crippen LogP contribution in [0.3, 0.4) is 0 Å². The second kappa shape index (κ2) is 8.39. The number of ether oxygens (including phenoxy) is 1. The van der Waals surface area contributed by atoms with E-state index in [2.05, 4.69) is 52.1 Å². The van der Waals surface area contributed by atoms with E-state index in [1.165, 1.54) is 28.2 Å². The predicted molar refractivity (Wildman–Crippen MR) is 119 cm³/mol. The molecule has 29 heavy (non-hydrogen) atoms. The van der Waals surface area contributed by atoms with Gasteiger partial charge in [0.15, 0.2) is 5.13 Å². The van der Waals surface area contributed by atoms with Crippen LogP contribution in [-0.4, -0.2) is 55.6 Å². The Bertz CT molecular complexity index is 1020. The van der Waals surface area contributed by atoms with Gasteiger partial charge >= 0.3 is 0 Å². The monoisotopic (exact) mass is 410 g/mol. The van der Waals surface area contributed by atoms with Gasteiger partial charge in [-0.2, -0.15) is 0 Å². The summed E-state index contributed by atoms with van der Waals surface area (Å²) in [6, 6.07) is 12.2. The van der Waals surface area contributed by atoms with Gasteiger partial charge in [0.05, 0.1) is 23.9 Å². The number of amides is 1. The highest BCUT2D eigenvalue weighted by Crippen LogP contribution is 2.29. The molecule has 0 saturated carbocycles. The van der Waals surface area contributed by atoms with Gasteiger partial charge in [0.2, 0.25) is 5.91 Å². The number of aromatic nitrogens is 1. The minimum atomic E-state index is -0.0174. The molecule has 0 unspecified atom stereocenters. The molecule has 1 N–H and O–H groups in total. The fourth-order valence-electron chi connectivity index (χ4n) is 3.67. The van der Waals surface area contributed by atoms with Crippen molar-refractivity contribution < 1.29 is 9.53 Å². The number of benzene rings is 2. The van der Waals surface area contributed by atoms with Crippen molar-refractivity contribution in [3.05, 3.63) is 47.5 Å². The summed E-state index contributed by atoms with van der Waals surface area (Å²) in [5.74, 6) is 0.775. The molecule has 1 aliphatic rings. The van der Waals surface area contributed by atoms with E-state index in [1.807, 2.05) is 18.2 Å². The Morgan fingerprint density at radius 3 is 2.72 bits per heavy atom. The van der Waals surface area contributed by atoms with Crippen molar-refractivity contribution in [2.45, 2.75) is 13.8 Å². The van der Waals surface area contributed by atoms with Gasteiger partial charge < -0.3 is 15.0 Å². The number of nitrogens with one attached hydrogen (secondary N) is 1. The maximum absolute atomic E-state index is 12.5. The van der Waals surface area contributed by atoms with E-state index in [-0.39, 0.29) is 5.91 Å². The number of carbonyl (C=O) groups is 1. The van der Waals surface area contributed by atoms with Crippen molar-refractivity contribution in [1.29, 1.82) is 0 Å². The van der Waals surface area contributed by atoms with Crippen molar-refractivity contribution in [3.8, 4) is 5.75 Å².